The monoisotopic (exact) mass is 353 g/mol. The molecule has 1 saturated heterocycles. The number of nitrogens with zero attached hydrogens (tertiary/aromatic N) is 1. The molecule has 1 aromatic rings. The van der Waals surface area contributed by atoms with Crippen molar-refractivity contribution in [2.45, 2.75) is 37.5 Å². The fourth-order valence-corrected chi connectivity index (χ4v) is 4.28. The highest BCUT2D eigenvalue weighted by Gasteiger charge is 2.26. The Hall–Kier alpha value is -1.44. The molecular formula is C17H27N3O3S. The van der Waals surface area contributed by atoms with Gasteiger partial charge in [0.25, 0.3) is 5.91 Å². The number of rotatable bonds is 8. The third-order valence-electron chi connectivity index (χ3n) is 4.06. The molecule has 0 bridgehead atoms. The first-order chi connectivity index (χ1) is 11.6. The van der Waals surface area contributed by atoms with Gasteiger partial charge in [0.2, 0.25) is 10.0 Å². The SMILES string of the molecule is CCCNCCNC(=O)c1cccc(S(=O)(=O)N2CCCCC2)c1. The fourth-order valence-electron chi connectivity index (χ4n) is 2.72. The van der Waals surface area contributed by atoms with Gasteiger partial charge in [0.15, 0.2) is 0 Å². The van der Waals surface area contributed by atoms with Crippen molar-refractivity contribution in [2.24, 2.45) is 0 Å². The molecule has 2 rings (SSSR count). The molecule has 1 amide bonds. The largest absolute Gasteiger partial charge is 0.351 e. The van der Waals surface area contributed by atoms with E-state index < -0.39 is 10.0 Å². The maximum atomic E-state index is 12.7. The summed E-state index contributed by atoms with van der Waals surface area (Å²) < 4.78 is 26.9. The van der Waals surface area contributed by atoms with Crippen molar-refractivity contribution in [1.29, 1.82) is 0 Å². The lowest BCUT2D eigenvalue weighted by Crippen LogP contribution is -2.36. The van der Waals surface area contributed by atoms with Gasteiger partial charge < -0.3 is 10.6 Å². The molecule has 134 valence electrons. The van der Waals surface area contributed by atoms with Crippen LogP contribution in [0.3, 0.4) is 0 Å². The predicted octanol–water partition coefficient (Wildman–Crippen LogP) is 1.59. The Kier molecular flexibility index (Phi) is 7.20. The Morgan fingerprint density at radius 3 is 2.58 bits per heavy atom. The van der Waals surface area contributed by atoms with Crippen molar-refractivity contribution in [3.05, 3.63) is 29.8 Å². The van der Waals surface area contributed by atoms with E-state index >= 15 is 0 Å². The highest BCUT2D eigenvalue weighted by atomic mass is 32.2. The van der Waals surface area contributed by atoms with Crippen LogP contribution in [-0.4, -0.2) is 51.4 Å². The third kappa shape index (κ3) is 5.03. The summed E-state index contributed by atoms with van der Waals surface area (Å²) in [5.41, 5.74) is 0.378. The first-order valence-corrected chi connectivity index (χ1v) is 10.1. The predicted molar refractivity (Wildman–Crippen MR) is 94.5 cm³/mol. The van der Waals surface area contributed by atoms with E-state index in [-0.39, 0.29) is 10.8 Å². The average Bonchev–Trinajstić information content (AvgIpc) is 2.62. The van der Waals surface area contributed by atoms with E-state index in [1.807, 2.05) is 0 Å². The summed E-state index contributed by atoms with van der Waals surface area (Å²) in [5, 5.41) is 6.01. The second-order valence-corrected chi connectivity index (χ2v) is 7.94. The minimum Gasteiger partial charge on any atom is -0.351 e. The van der Waals surface area contributed by atoms with Crippen LogP contribution in [0.15, 0.2) is 29.2 Å². The quantitative estimate of drug-likeness (QED) is 0.696. The second kappa shape index (κ2) is 9.15. The number of hydrogen-bond donors (Lipinski definition) is 2. The standard InChI is InChI=1S/C17H27N3O3S/c1-2-9-18-10-11-19-17(21)15-7-6-8-16(14-15)24(22,23)20-12-4-3-5-13-20/h6-8,14,18H,2-5,9-13H2,1H3,(H,19,21). The molecule has 0 radical (unpaired) electrons. The maximum absolute atomic E-state index is 12.7. The molecule has 24 heavy (non-hydrogen) atoms. The maximum Gasteiger partial charge on any atom is 0.251 e. The minimum atomic E-state index is -3.51. The van der Waals surface area contributed by atoms with Crippen LogP contribution in [0.5, 0.6) is 0 Å². The van der Waals surface area contributed by atoms with Gasteiger partial charge in [0, 0.05) is 31.7 Å². The van der Waals surface area contributed by atoms with E-state index in [0.717, 1.165) is 32.2 Å². The molecule has 0 saturated carbocycles. The van der Waals surface area contributed by atoms with Crippen LogP contribution in [0, 0.1) is 0 Å². The molecule has 6 nitrogen and oxygen atoms in total. The van der Waals surface area contributed by atoms with E-state index in [1.165, 1.54) is 10.4 Å². The molecule has 1 fully saturated rings. The van der Waals surface area contributed by atoms with Crippen LogP contribution in [0.4, 0.5) is 0 Å². The van der Waals surface area contributed by atoms with Crippen LogP contribution in [0.25, 0.3) is 0 Å². The summed E-state index contributed by atoms with van der Waals surface area (Å²) in [6.45, 7) is 5.33. The topological polar surface area (TPSA) is 78.5 Å². The molecule has 0 spiro atoms. The summed E-state index contributed by atoms with van der Waals surface area (Å²) in [4.78, 5) is 12.4. The second-order valence-electron chi connectivity index (χ2n) is 6.00. The Balaban J connectivity index is 2.01. The van der Waals surface area contributed by atoms with Crippen molar-refractivity contribution < 1.29 is 13.2 Å². The molecule has 0 aliphatic carbocycles. The number of sulfonamides is 1. The number of carbonyl (C=O) groups is 1. The van der Waals surface area contributed by atoms with Crippen molar-refractivity contribution in [3.63, 3.8) is 0 Å². The molecule has 1 aromatic carbocycles. The van der Waals surface area contributed by atoms with Gasteiger partial charge in [-0.3, -0.25) is 4.79 Å². The molecule has 2 N–H and O–H groups in total. The summed E-state index contributed by atoms with van der Waals surface area (Å²) in [7, 11) is -3.51. The highest BCUT2D eigenvalue weighted by Crippen LogP contribution is 2.21. The zero-order valence-corrected chi connectivity index (χ0v) is 15.1. The number of amides is 1. The van der Waals surface area contributed by atoms with Crippen LogP contribution >= 0.6 is 0 Å². The summed E-state index contributed by atoms with van der Waals surface area (Å²) in [6.07, 6.45) is 3.90. The molecular weight excluding hydrogens is 326 g/mol. The number of benzene rings is 1. The summed E-state index contributed by atoms with van der Waals surface area (Å²) in [6, 6.07) is 6.30. The molecule has 1 aliphatic rings. The van der Waals surface area contributed by atoms with E-state index in [0.29, 0.717) is 31.7 Å². The van der Waals surface area contributed by atoms with Gasteiger partial charge in [-0.2, -0.15) is 4.31 Å². The van der Waals surface area contributed by atoms with Crippen molar-refractivity contribution in [2.75, 3.05) is 32.7 Å². The first-order valence-electron chi connectivity index (χ1n) is 8.65. The molecule has 1 heterocycles. The Morgan fingerprint density at radius 1 is 1.12 bits per heavy atom. The first kappa shape index (κ1) is 18.9. The van der Waals surface area contributed by atoms with Crippen molar-refractivity contribution in [3.8, 4) is 0 Å². The average molecular weight is 353 g/mol. The van der Waals surface area contributed by atoms with Gasteiger partial charge in [-0.25, -0.2) is 8.42 Å². The van der Waals surface area contributed by atoms with Gasteiger partial charge in [-0.15, -0.1) is 0 Å². The lowest BCUT2D eigenvalue weighted by atomic mass is 10.2. The minimum absolute atomic E-state index is 0.196. The number of piperidine rings is 1. The van der Waals surface area contributed by atoms with Gasteiger partial charge in [-0.05, 0) is 44.0 Å². The van der Waals surface area contributed by atoms with Crippen LogP contribution < -0.4 is 10.6 Å². The zero-order chi connectivity index (χ0) is 17.4. The number of nitrogens with one attached hydrogen (secondary N) is 2. The molecule has 7 heteroatoms. The summed E-state index contributed by atoms with van der Waals surface area (Å²) >= 11 is 0. The van der Waals surface area contributed by atoms with Gasteiger partial charge in [0.1, 0.15) is 0 Å². The molecule has 0 atom stereocenters. The number of hydrogen-bond acceptors (Lipinski definition) is 4. The van der Waals surface area contributed by atoms with Gasteiger partial charge in [-0.1, -0.05) is 19.4 Å². The smallest absolute Gasteiger partial charge is 0.251 e. The normalized spacial score (nSPS) is 16.0. The number of carbonyl (C=O) groups excluding carboxylic acids is 1. The van der Waals surface area contributed by atoms with Gasteiger partial charge in [0.05, 0.1) is 4.90 Å². The van der Waals surface area contributed by atoms with E-state index in [4.69, 9.17) is 0 Å². The summed E-state index contributed by atoms with van der Waals surface area (Å²) in [5.74, 6) is -0.246. The van der Waals surface area contributed by atoms with Crippen molar-refractivity contribution >= 4 is 15.9 Å². The lowest BCUT2D eigenvalue weighted by molar-refractivity contribution is 0.0953. The Labute approximate surface area is 144 Å². The molecule has 0 unspecified atom stereocenters. The van der Waals surface area contributed by atoms with E-state index in [1.54, 1.807) is 18.2 Å². The third-order valence-corrected chi connectivity index (χ3v) is 5.96. The van der Waals surface area contributed by atoms with E-state index in [2.05, 4.69) is 17.6 Å². The Bertz CT molecular complexity index is 640. The van der Waals surface area contributed by atoms with Gasteiger partial charge >= 0.3 is 0 Å². The molecule has 0 aromatic heterocycles. The van der Waals surface area contributed by atoms with Crippen molar-refractivity contribution in [1.82, 2.24) is 14.9 Å². The van der Waals surface area contributed by atoms with Crippen LogP contribution in [0.1, 0.15) is 43.0 Å². The fraction of sp³-hybridized carbons (Fsp3) is 0.588. The highest BCUT2D eigenvalue weighted by molar-refractivity contribution is 7.89. The Morgan fingerprint density at radius 2 is 1.88 bits per heavy atom. The van der Waals surface area contributed by atoms with E-state index in [9.17, 15) is 13.2 Å². The zero-order valence-electron chi connectivity index (χ0n) is 14.3. The lowest BCUT2D eigenvalue weighted by Gasteiger charge is -2.26. The van der Waals surface area contributed by atoms with Crippen LogP contribution in [0.2, 0.25) is 0 Å². The van der Waals surface area contributed by atoms with Crippen LogP contribution in [-0.2, 0) is 10.0 Å². The molecule has 1 aliphatic heterocycles.